The van der Waals surface area contributed by atoms with Crippen molar-refractivity contribution in [2.75, 3.05) is 0 Å². The van der Waals surface area contributed by atoms with Gasteiger partial charge in [0.05, 0.1) is 4.83 Å². The van der Waals surface area contributed by atoms with Gasteiger partial charge >= 0.3 is 0 Å². The maximum atomic E-state index is 12.9. The molecule has 0 fully saturated rings. The van der Waals surface area contributed by atoms with Crippen LogP contribution in [0.3, 0.4) is 0 Å². The molecule has 0 saturated carbocycles. The largest absolute Gasteiger partial charge is 0.302 e. The van der Waals surface area contributed by atoms with Crippen molar-refractivity contribution in [1.82, 2.24) is 0 Å². The number of hydrogen-bond donors (Lipinski definition) is 0. The third kappa shape index (κ3) is 2.41. The highest BCUT2D eigenvalue weighted by atomic mass is 79.9. The SMILES string of the molecule is O=CC(Br)Cc1ccccc1F. The minimum absolute atomic E-state index is 0.260. The summed E-state index contributed by atoms with van der Waals surface area (Å²) in [6.07, 6.45) is 1.16. The molecule has 12 heavy (non-hydrogen) atoms. The normalized spacial score (nSPS) is 12.5. The molecule has 0 spiro atoms. The van der Waals surface area contributed by atoms with Crippen molar-refractivity contribution < 1.29 is 9.18 Å². The predicted octanol–water partition coefficient (Wildman–Crippen LogP) is 2.33. The minimum Gasteiger partial charge on any atom is -0.302 e. The molecule has 0 bridgehead atoms. The Balaban J connectivity index is 2.75. The first-order valence-corrected chi connectivity index (χ1v) is 4.48. The van der Waals surface area contributed by atoms with Crippen LogP contribution in [0.4, 0.5) is 4.39 Å². The average molecular weight is 231 g/mol. The molecule has 1 rings (SSSR count). The zero-order chi connectivity index (χ0) is 8.97. The quantitative estimate of drug-likeness (QED) is 0.576. The molecule has 0 aliphatic heterocycles. The maximum Gasteiger partial charge on any atom is 0.133 e. The molecule has 0 aromatic heterocycles. The summed E-state index contributed by atoms with van der Waals surface area (Å²) in [7, 11) is 0. The van der Waals surface area contributed by atoms with E-state index in [0.717, 1.165) is 6.29 Å². The number of alkyl halides is 1. The third-order valence-corrected chi connectivity index (χ3v) is 2.06. The number of carbonyl (C=O) groups is 1. The van der Waals surface area contributed by atoms with Gasteiger partial charge in [-0.05, 0) is 18.1 Å². The van der Waals surface area contributed by atoms with E-state index in [1.807, 2.05) is 0 Å². The summed E-state index contributed by atoms with van der Waals surface area (Å²) in [5.74, 6) is -0.260. The molecule has 0 N–H and O–H groups in total. The van der Waals surface area contributed by atoms with E-state index in [4.69, 9.17) is 0 Å². The molecule has 0 amide bonds. The van der Waals surface area contributed by atoms with Crippen molar-refractivity contribution in [1.29, 1.82) is 0 Å². The van der Waals surface area contributed by atoms with Gasteiger partial charge < -0.3 is 4.79 Å². The van der Waals surface area contributed by atoms with Crippen LogP contribution in [0.15, 0.2) is 24.3 Å². The number of halogens is 2. The molecule has 1 aromatic rings. The highest BCUT2D eigenvalue weighted by Crippen LogP contribution is 2.11. The zero-order valence-electron chi connectivity index (χ0n) is 6.34. The van der Waals surface area contributed by atoms with Gasteiger partial charge in [-0.3, -0.25) is 0 Å². The van der Waals surface area contributed by atoms with E-state index in [9.17, 15) is 9.18 Å². The van der Waals surface area contributed by atoms with Crippen molar-refractivity contribution in [3.63, 3.8) is 0 Å². The Hall–Kier alpha value is -0.700. The summed E-state index contributed by atoms with van der Waals surface area (Å²) in [6, 6.07) is 6.44. The van der Waals surface area contributed by atoms with Gasteiger partial charge in [0.1, 0.15) is 12.1 Å². The topological polar surface area (TPSA) is 17.1 Å². The zero-order valence-corrected chi connectivity index (χ0v) is 7.92. The highest BCUT2D eigenvalue weighted by Gasteiger charge is 2.06. The van der Waals surface area contributed by atoms with Crippen LogP contribution in [-0.2, 0) is 11.2 Å². The van der Waals surface area contributed by atoms with E-state index >= 15 is 0 Å². The summed E-state index contributed by atoms with van der Waals surface area (Å²) < 4.78 is 12.9. The fraction of sp³-hybridized carbons (Fsp3) is 0.222. The Bertz CT molecular complexity index is 275. The van der Waals surface area contributed by atoms with Crippen molar-refractivity contribution in [2.45, 2.75) is 11.2 Å². The van der Waals surface area contributed by atoms with Crippen molar-refractivity contribution in [2.24, 2.45) is 0 Å². The standard InChI is InChI=1S/C9H8BrFO/c10-8(6-12)5-7-3-1-2-4-9(7)11/h1-4,6,8H,5H2. The van der Waals surface area contributed by atoms with Gasteiger partial charge in [-0.2, -0.15) is 0 Å². The monoisotopic (exact) mass is 230 g/mol. The summed E-state index contributed by atoms with van der Waals surface area (Å²) in [5.41, 5.74) is 0.562. The molecule has 0 aliphatic rings. The molecule has 1 unspecified atom stereocenters. The summed E-state index contributed by atoms with van der Waals surface area (Å²) in [5, 5.41) is 0. The van der Waals surface area contributed by atoms with Crippen LogP contribution in [0.1, 0.15) is 5.56 Å². The van der Waals surface area contributed by atoms with Crippen LogP contribution in [0.25, 0.3) is 0 Å². The summed E-state index contributed by atoms with van der Waals surface area (Å²) >= 11 is 3.11. The van der Waals surface area contributed by atoms with Crippen LogP contribution in [0.2, 0.25) is 0 Å². The van der Waals surface area contributed by atoms with Crippen molar-refractivity contribution >= 4 is 22.2 Å². The first kappa shape index (κ1) is 9.39. The van der Waals surface area contributed by atoms with Crippen LogP contribution >= 0.6 is 15.9 Å². The molecule has 64 valence electrons. The Morgan fingerprint density at radius 1 is 1.50 bits per heavy atom. The van der Waals surface area contributed by atoms with Crippen LogP contribution < -0.4 is 0 Å². The maximum absolute atomic E-state index is 12.9. The Morgan fingerprint density at radius 3 is 2.75 bits per heavy atom. The number of aldehydes is 1. The van der Waals surface area contributed by atoms with Gasteiger partial charge in [-0.25, -0.2) is 4.39 Å². The first-order chi connectivity index (χ1) is 5.74. The predicted molar refractivity (Wildman–Crippen MR) is 48.9 cm³/mol. The van der Waals surface area contributed by atoms with E-state index in [1.165, 1.54) is 6.07 Å². The molecule has 1 aromatic carbocycles. The molecule has 0 radical (unpaired) electrons. The smallest absolute Gasteiger partial charge is 0.133 e. The average Bonchev–Trinajstić information content (AvgIpc) is 2.09. The van der Waals surface area contributed by atoms with Crippen LogP contribution in [0.5, 0.6) is 0 Å². The summed E-state index contributed by atoms with van der Waals surface area (Å²) in [4.78, 5) is 9.95. The third-order valence-electron chi connectivity index (χ3n) is 1.52. The number of benzene rings is 1. The number of carbonyl (C=O) groups excluding carboxylic acids is 1. The van der Waals surface area contributed by atoms with Gasteiger partial charge in [-0.15, -0.1) is 0 Å². The van der Waals surface area contributed by atoms with Gasteiger partial charge in [0.2, 0.25) is 0 Å². The number of rotatable bonds is 3. The van der Waals surface area contributed by atoms with Gasteiger partial charge in [0.25, 0.3) is 0 Å². The minimum atomic E-state index is -0.297. The van der Waals surface area contributed by atoms with Gasteiger partial charge in [-0.1, -0.05) is 34.1 Å². The second-order valence-electron chi connectivity index (χ2n) is 2.45. The van der Waals surface area contributed by atoms with Crippen LogP contribution in [0, 0.1) is 5.82 Å². The first-order valence-electron chi connectivity index (χ1n) is 3.57. The van der Waals surface area contributed by atoms with Crippen LogP contribution in [-0.4, -0.2) is 11.1 Å². The summed E-state index contributed by atoms with van der Waals surface area (Å²) in [6.45, 7) is 0. The van der Waals surface area contributed by atoms with E-state index < -0.39 is 0 Å². The lowest BCUT2D eigenvalue weighted by atomic mass is 10.1. The molecule has 1 atom stereocenters. The Morgan fingerprint density at radius 2 is 2.17 bits per heavy atom. The molecule has 0 heterocycles. The lowest BCUT2D eigenvalue weighted by Crippen LogP contribution is -2.04. The van der Waals surface area contributed by atoms with E-state index in [2.05, 4.69) is 15.9 Å². The van der Waals surface area contributed by atoms with Crippen molar-refractivity contribution in [3.8, 4) is 0 Å². The highest BCUT2D eigenvalue weighted by molar-refractivity contribution is 9.09. The second-order valence-corrected chi connectivity index (χ2v) is 3.62. The Kier molecular flexibility index (Phi) is 3.41. The molecule has 0 saturated heterocycles. The molecule has 0 aliphatic carbocycles. The Labute approximate surface area is 78.7 Å². The van der Waals surface area contributed by atoms with Gasteiger partial charge in [0, 0.05) is 0 Å². The number of hydrogen-bond acceptors (Lipinski definition) is 1. The van der Waals surface area contributed by atoms with E-state index in [1.54, 1.807) is 18.2 Å². The molecular weight excluding hydrogens is 223 g/mol. The molecular formula is C9H8BrFO. The fourth-order valence-corrected chi connectivity index (χ4v) is 1.27. The molecule has 3 heteroatoms. The van der Waals surface area contributed by atoms with Gasteiger partial charge in [0.15, 0.2) is 0 Å². The van der Waals surface area contributed by atoms with Crippen molar-refractivity contribution in [3.05, 3.63) is 35.6 Å². The molecule has 1 nitrogen and oxygen atoms in total. The van der Waals surface area contributed by atoms with E-state index in [0.29, 0.717) is 12.0 Å². The second kappa shape index (κ2) is 4.36. The fourth-order valence-electron chi connectivity index (χ4n) is 0.922. The van der Waals surface area contributed by atoms with E-state index in [-0.39, 0.29) is 10.6 Å². The lowest BCUT2D eigenvalue weighted by Gasteiger charge is -2.02. The lowest BCUT2D eigenvalue weighted by molar-refractivity contribution is -0.107.